The molecule has 29 heavy (non-hydrogen) atoms. The van der Waals surface area contributed by atoms with Gasteiger partial charge in [-0.05, 0) is 38.0 Å². The fourth-order valence-electron chi connectivity index (χ4n) is 4.01. The van der Waals surface area contributed by atoms with E-state index in [1.807, 2.05) is 4.90 Å². The summed E-state index contributed by atoms with van der Waals surface area (Å²) in [5.74, 6) is 2.74. The van der Waals surface area contributed by atoms with Gasteiger partial charge in [0.1, 0.15) is 11.9 Å². The molecule has 2 fully saturated rings. The van der Waals surface area contributed by atoms with Gasteiger partial charge in [-0.1, -0.05) is 13.8 Å². The molecule has 2 amide bonds. The summed E-state index contributed by atoms with van der Waals surface area (Å²) in [6.07, 6.45) is 6.83. The van der Waals surface area contributed by atoms with Crippen LogP contribution in [0.3, 0.4) is 0 Å². The topological polar surface area (TPSA) is 76.6 Å². The standard InChI is InChI=1S/C22H34N4O3/c1-15(2)7-10-23-22(27)26-11-3-4-17(14-26)29-21-18-8-12-28-13-9-19(18)24-20(25-21)16-5-6-16/h15-17H,3-14H2,1-2H3,(H,23,27)/t17-/m0/s1. The van der Waals surface area contributed by atoms with Crippen LogP contribution in [0.1, 0.15) is 69.0 Å². The molecular formula is C22H34N4O3. The van der Waals surface area contributed by atoms with Crippen LogP contribution in [0.5, 0.6) is 5.88 Å². The minimum atomic E-state index is -0.0187. The molecule has 7 nitrogen and oxygen atoms in total. The van der Waals surface area contributed by atoms with Gasteiger partial charge >= 0.3 is 6.03 Å². The molecule has 1 saturated carbocycles. The average Bonchev–Trinajstić information content (AvgIpc) is 3.55. The molecule has 0 aromatic carbocycles. The number of hydrogen-bond donors (Lipinski definition) is 1. The van der Waals surface area contributed by atoms with E-state index in [9.17, 15) is 4.79 Å². The van der Waals surface area contributed by atoms with Crippen molar-refractivity contribution in [1.29, 1.82) is 0 Å². The molecule has 1 aromatic rings. The number of hydrogen-bond acceptors (Lipinski definition) is 5. The second kappa shape index (κ2) is 9.28. The molecule has 1 aliphatic carbocycles. The molecule has 3 heterocycles. The fraction of sp³-hybridized carbons (Fsp3) is 0.773. The lowest BCUT2D eigenvalue weighted by Gasteiger charge is -2.33. The first-order chi connectivity index (χ1) is 14.1. The first-order valence-electron chi connectivity index (χ1n) is 11.3. The number of carbonyl (C=O) groups is 1. The number of likely N-dealkylation sites (tertiary alicyclic amines) is 1. The van der Waals surface area contributed by atoms with E-state index in [1.54, 1.807) is 0 Å². The number of ether oxygens (including phenoxy) is 2. The zero-order chi connectivity index (χ0) is 20.2. The molecular weight excluding hydrogens is 368 g/mol. The second-order valence-electron chi connectivity index (χ2n) is 8.94. The predicted octanol–water partition coefficient (Wildman–Crippen LogP) is 3.07. The van der Waals surface area contributed by atoms with Crippen molar-refractivity contribution in [2.24, 2.45) is 5.92 Å². The Labute approximate surface area is 173 Å². The minimum Gasteiger partial charge on any atom is -0.472 e. The Morgan fingerprint density at radius 1 is 1.24 bits per heavy atom. The summed E-state index contributed by atoms with van der Waals surface area (Å²) >= 11 is 0. The van der Waals surface area contributed by atoms with Crippen LogP contribution in [-0.4, -0.2) is 59.9 Å². The van der Waals surface area contributed by atoms with Crippen LogP contribution in [0, 0.1) is 5.92 Å². The molecule has 1 saturated heterocycles. The molecule has 2 aliphatic heterocycles. The summed E-state index contributed by atoms with van der Waals surface area (Å²) in [6.45, 7) is 7.86. The highest BCUT2D eigenvalue weighted by molar-refractivity contribution is 5.74. The number of piperidine rings is 1. The van der Waals surface area contributed by atoms with Crippen LogP contribution in [-0.2, 0) is 17.6 Å². The summed E-state index contributed by atoms with van der Waals surface area (Å²) in [4.78, 5) is 24.1. The molecule has 0 radical (unpaired) electrons. The molecule has 7 heteroatoms. The van der Waals surface area contributed by atoms with Gasteiger partial charge in [0, 0.05) is 37.4 Å². The molecule has 0 bridgehead atoms. The van der Waals surface area contributed by atoms with E-state index >= 15 is 0 Å². The van der Waals surface area contributed by atoms with Crippen LogP contribution in [0.2, 0.25) is 0 Å². The van der Waals surface area contributed by atoms with Crippen molar-refractivity contribution in [3.8, 4) is 5.88 Å². The number of fused-ring (bicyclic) bond motifs is 1. The van der Waals surface area contributed by atoms with Crippen molar-refractivity contribution >= 4 is 6.03 Å². The van der Waals surface area contributed by atoms with Gasteiger partial charge in [-0.15, -0.1) is 0 Å². The van der Waals surface area contributed by atoms with Crippen molar-refractivity contribution in [2.75, 3.05) is 32.8 Å². The summed E-state index contributed by atoms with van der Waals surface area (Å²) < 4.78 is 12.1. The number of nitrogens with one attached hydrogen (secondary N) is 1. The second-order valence-corrected chi connectivity index (χ2v) is 8.94. The monoisotopic (exact) mass is 402 g/mol. The van der Waals surface area contributed by atoms with Gasteiger partial charge in [0.2, 0.25) is 5.88 Å². The fourth-order valence-corrected chi connectivity index (χ4v) is 4.01. The minimum absolute atomic E-state index is 0.0187. The maximum absolute atomic E-state index is 12.5. The van der Waals surface area contributed by atoms with Crippen molar-refractivity contribution < 1.29 is 14.3 Å². The Kier molecular flexibility index (Phi) is 6.53. The number of amides is 2. The van der Waals surface area contributed by atoms with E-state index in [0.717, 1.165) is 68.2 Å². The normalized spacial score (nSPS) is 22.2. The predicted molar refractivity (Wildman–Crippen MR) is 110 cm³/mol. The van der Waals surface area contributed by atoms with Gasteiger partial charge < -0.3 is 19.7 Å². The quantitative estimate of drug-likeness (QED) is 0.791. The largest absolute Gasteiger partial charge is 0.472 e. The Bertz CT molecular complexity index is 720. The lowest BCUT2D eigenvalue weighted by Crippen LogP contribution is -2.49. The van der Waals surface area contributed by atoms with Gasteiger partial charge in [0.25, 0.3) is 0 Å². The summed E-state index contributed by atoms with van der Waals surface area (Å²) in [5, 5.41) is 3.05. The van der Waals surface area contributed by atoms with E-state index < -0.39 is 0 Å². The highest BCUT2D eigenvalue weighted by Crippen LogP contribution is 2.40. The summed E-state index contributed by atoms with van der Waals surface area (Å²) in [6, 6.07) is 0.0209. The first-order valence-corrected chi connectivity index (χ1v) is 11.3. The van der Waals surface area contributed by atoms with Gasteiger partial charge in [-0.25, -0.2) is 9.78 Å². The summed E-state index contributed by atoms with van der Waals surface area (Å²) in [7, 11) is 0. The Morgan fingerprint density at radius 3 is 2.86 bits per heavy atom. The molecule has 1 atom stereocenters. The number of urea groups is 1. The third-order valence-electron chi connectivity index (χ3n) is 5.94. The molecule has 160 valence electrons. The number of rotatable bonds is 6. The van der Waals surface area contributed by atoms with Crippen LogP contribution in [0.15, 0.2) is 0 Å². The summed E-state index contributed by atoms with van der Waals surface area (Å²) in [5.41, 5.74) is 2.19. The van der Waals surface area contributed by atoms with Gasteiger partial charge in [-0.2, -0.15) is 4.98 Å². The zero-order valence-corrected chi connectivity index (χ0v) is 17.8. The Morgan fingerprint density at radius 2 is 2.07 bits per heavy atom. The van der Waals surface area contributed by atoms with Crippen molar-refractivity contribution in [1.82, 2.24) is 20.2 Å². The van der Waals surface area contributed by atoms with Crippen LogP contribution >= 0.6 is 0 Å². The van der Waals surface area contributed by atoms with E-state index in [2.05, 4.69) is 19.2 Å². The number of carbonyl (C=O) groups excluding carboxylic acids is 1. The van der Waals surface area contributed by atoms with Gasteiger partial charge in [-0.3, -0.25) is 0 Å². The molecule has 0 unspecified atom stereocenters. The number of nitrogens with zero attached hydrogens (tertiary/aromatic N) is 3. The van der Waals surface area contributed by atoms with Gasteiger partial charge in [0.15, 0.2) is 0 Å². The van der Waals surface area contributed by atoms with Crippen LogP contribution < -0.4 is 10.1 Å². The molecule has 0 spiro atoms. The number of aromatic nitrogens is 2. The van der Waals surface area contributed by atoms with Crippen LogP contribution in [0.4, 0.5) is 4.79 Å². The van der Waals surface area contributed by atoms with Gasteiger partial charge in [0.05, 0.1) is 25.5 Å². The molecule has 1 aromatic heterocycles. The average molecular weight is 403 g/mol. The first kappa shape index (κ1) is 20.4. The van der Waals surface area contributed by atoms with Crippen molar-refractivity contribution in [3.63, 3.8) is 0 Å². The van der Waals surface area contributed by atoms with E-state index in [4.69, 9.17) is 19.4 Å². The Balaban J connectivity index is 1.43. The third-order valence-corrected chi connectivity index (χ3v) is 5.94. The van der Waals surface area contributed by atoms with Crippen LogP contribution in [0.25, 0.3) is 0 Å². The lowest BCUT2D eigenvalue weighted by atomic mass is 10.1. The SMILES string of the molecule is CC(C)CCNC(=O)N1CCC[C@H](Oc2nc(C3CC3)nc3c2CCOCC3)C1. The van der Waals surface area contributed by atoms with E-state index in [-0.39, 0.29) is 12.1 Å². The highest BCUT2D eigenvalue weighted by atomic mass is 16.5. The van der Waals surface area contributed by atoms with E-state index in [0.29, 0.717) is 31.6 Å². The molecule has 4 rings (SSSR count). The van der Waals surface area contributed by atoms with E-state index in [1.165, 1.54) is 12.8 Å². The Hall–Kier alpha value is -1.89. The molecule has 3 aliphatic rings. The van der Waals surface area contributed by atoms with Crippen molar-refractivity contribution in [2.45, 2.75) is 70.8 Å². The van der Waals surface area contributed by atoms with Crippen molar-refractivity contribution in [3.05, 3.63) is 17.1 Å². The maximum atomic E-state index is 12.5. The smallest absolute Gasteiger partial charge is 0.317 e. The lowest BCUT2D eigenvalue weighted by molar-refractivity contribution is 0.0960. The highest BCUT2D eigenvalue weighted by Gasteiger charge is 2.31. The molecule has 1 N–H and O–H groups in total. The third kappa shape index (κ3) is 5.38. The maximum Gasteiger partial charge on any atom is 0.317 e. The zero-order valence-electron chi connectivity index (χ0n) is 17.8.